The number of hydrogen-bond acceptors (Lipinski definition) is 4. The van der Waals surface area contributed by atoms with E-state index < -0.39 is 28.5 Å². The summed E-state index contributed by atoms with van der Waals surface area (Å²) in [4.78, 5) is 29.7. The minimum atomic E-state index is -4.18. The second-order valence-electron chi connectivity index (χ2n) is 10.8. The minimum Gasteiger partial charge on any atom is -0.352 e. The van der Waals surface area contributed by atoms with Crippen LogP contribution in [0.5, 0.6) is 0 Å². The molecule has 0 fully saturated rings. The van der Waals surface area contributed by atoms with Crippen LogP contribution in [-0.2, 0) is 32.6 Å². The van der Waals surface area contributed by atoms with E-state index in [1.54, 1.807) is 36.4 Å². The second-order valence-corrected chi connectivity index (χ2v) is 14.0. The fourth-order valence-electron chi connectivity index (χ4n) is 4.74. The van der Waals surface area contributed by atoms with Gasteiger partial charge in [-0.1, -0.05) is 87.7 Å². The highest BCUT2D eigenvalue weighted by molar-refractivity contribution is 9.10. The Bertz CT molecular complexity index is 1680. The van der Waals surface area contributed by atoms with Gasteiger partial charge in [0.05, 0.1) is 10.6 Å². The fourth-order valence-corrected chi connectivity index (χ4v) is 6.73. The molecule has 0 saturated carbocycles. The molecule has 4 aromatic carbocycles. The Kier molecular flexibility index (Phi) is 11.2. The predicted octanol–water partition coefficient (Wildman–Crippen LogP) is 6.77. The normalized spacial score (nSPS) is 12.0. The molecule has 2 amide bonds. The SMILES string of the molecule is Cc1ccc(S(=O)(=O)N(CC(=O)N(Cc2cccc(Br)c2)C(Cc2ccccc2)C(=O)NC(C)C)c2ccc(Cl)cc2)cc1. The Morgan fingerprint density at radius 3 is 2.11 bits per heavy atom. The van der Waals surface area contributed by atoms with E-state index in [-0.39, 0.29) is 35.5 Å². The van der Waals surface area contributed by atoms with Gasteiger partial charge in [-0.3, -0.25) is 13.9 Å². The summed E-state index contributed by atoms with van der Waals surface area (Å²) >= 11 is 9.62. The van der Waals surface area contributed by atoms with Gasteiger partial charge >= 0.3 is 0 Å². The standard InChI is InChI=1S/C34H35BrClN3O4S/c1-24(2)37-34(41)32(21-26-8-5-4-6-9-26)38(22-27-10-7-11-28(35)20-27)33(40)23-39(30-16-14-29(36)15-17-30)44(42,43)31-18-12-25(3)13-19-31/h4-20,24,32H,21-23H2,1-3H3,(H,37,41). The number of carbonyl (C=O) groups is 2. The van der Waals surface area contributed by atoms with Crippen LogP contribution in [0.3, 0.4) is 0 Å². The first-order valence-electron chi connectivity index (χ1n) is 14.2. The Balaban J connectivity index is 1.80. The van der Waals surface area contributed by atoms with Crippen molar-refractivity contribution in [3.05, 3.63) is 129 Å². The van der Waals surface area contributed by atoms with Gasteiger partial charge in [0.15, 0.2) is 0 Å². The molecule has 10 heteroatoms. The summed E-state index contributed by atoms with van der Waals surface area (Å²) in [6, 6.07) is 28.6. The monoisotopic (exact) mass is 695 g/mol. The lowest BCUT2D eigenvalue weighted by molar-refractivity contribution is -0.140. The number of hydrogen-bond donors (Lipinski definition) is 1. The van der Waals surface area contributed by atoms with Crippen molar-refractivity contribution in [1.29, 1.82) is 0 Å². The number of aryl methyl sites for hydroxylation is 1. The van der Waals surface area contributed by atoms with Crippen LogP contribution in [-0.4, -0.2) is 43.8 Å². The molecule has 0 aromatic heterocycles. The van der Waals surface area contributed by atoms with Crippen molar-refractivity contribution < 1.29 is 18.0 Å². The largest absolute Gasteiger partial charge is 0.352 e. The van der Waals surface area contributed by atoms with Crippen LogP contribution >= 0.6 is 27.5 Å². The number of rotatable bonds is 12. The third-order valence-electron chi connectivity index (χ3n) is 6.95. The highest BCUT2D eigenvalue weighted by Crippen LogP contribution is 2.27. The lowest BCUT2D eigenvalue weighted by atomic mass is 10.0. The fraction of sp³-hybridized carbons (Fsp3) is 0.235. The van der Waals surface area contributed by atoms with Crippen molar-refractivity contribution in [2.45, 2.75) is 50.7 Å². The van der Waals surface area contributed by atoms with Gasteiger partial charge in [0.1, 0.15) is 12.6 Å². The number of nitrogens with one attached hydrogen (secondary N) is 1. The van der Waals surface area contributed by atoms with Gasteiger partial charge in [0.2, 0.25) is 11.8 Å². The molecule has 1 N–H and O–H groups in total. The first-order chi connectivity index (χ1) is 20.9. The molecule has 0 spiro atoms. The maximum Gasteiger partial charge on any atom is 0.264 e. The molecule has 0 saturated heterocycles. The summed E-state index contributed by atoms with van der Waals surface area (Å²) in [7, 11) is -4.18. The molecular formula is C34H35BrClN3O4S. The Hall–Kier alpha value is -3.66. The van der Waals surface area contributed by atoms with Crippen LogP contribution in [0.4, 0.5) is 5.69 Å². The lowest BCUT2D eigenvalue weighted by Gasteiger charge is -2.34. The zero-order valence-electron chi connectivity index (χ0n) is 24.8. The average Bonchev–Trinajstić information content (AvgIpc) is 2.98. The van der Waals surface area contributed by atoms with Crippen molar-refractivity contribution in [1.82, 2.24) is 10.2 Å². The van der Waals surface area contributed by atoms with Crippen LogP contribution in [0.15, 0.2) is 112 Å². The molecule has 4 rings (SSSR count). The van der Waals surface area contributed by atoms with E-state index in [0.29, 0.717) is 5.02 Å². The quantitative estimate of drug-likeness (QED) is 0.177. The molecule has 0 radical (unpaired) electrons. The van der Waals surface area contributed by atoms with E-state index in [1.807, 2.05) is 75.4 Å². The van der Waals surface area contributed by atoms with Gasteiger partial charge in [0, 0.05) is 28.5 Å². The molecule has 0 aliphatic heterocycles. The van der Waals surface area contributed by atoms with Gasteiger partial charge < -0.3 is 10.2 Å². The summed E-state index contributed by atoms with van der Waals surface area (Å²) < 4.78 is 30.0. The molecule has 0 aliphatic rings. The summed E-state index contributed by atoms with van der Waals surface area (Å²) in [5.74, 6) is -0.859. The van der Waals surface area contributed by atoms with Crippen molar-refractivity contribution in [3.63, 3.8) is 0 Å². The number of anilines is 1. The summed E-state index contributed by atoms with van der Waals surface area (Å²) in [5, 5.41) is 3.39. The maximum atomic E-state index is 14.4. The first kappa shape index (κ1) is 33.2. The number of sulfonamides is 1. The number of benzene rings is 4. The van der Waals surface area contributed by atoms with Gasteiger partial charge in [-0.05, 0) is 80.4 Å². The van der Waals surface area contributed by atoms with Crippen LogP contribution in [0.1, 0.15) is 30.5 Å². The van der Waals surface area contributed by atoms with Gasteiger partial charge in [-0.15, -0.1) is 0 Å². The Morgan fingerprint density at radius 2 is 1.50 bits per heavy atom. The Morgan fingerprint density at radius 1 is 0.864 bits per heavy atom. The lowest BCUT2D eigenvalue weighted by Crippen LogP contribution is -2.54. The smallest absolute Gasteiger partial charge is 0.264 e. The van der Waals surface area contributed by atoms with Crippen LogP contribution in [0.2, 0.25) is 5.02 Å². The van der Waals surface area contributed by atoms with Crippen molar-refractivity contribution in [2.24, 2.45) is 0 Å². The summed E-state index contributed by atoms with van der Waals surface area (Å²) in [6.07, 6.45) is 0.241. The van der Waals surface area contributed by atoms with E-state index >= 15 is 0 Å². The zero-order chi connectivity index (χ0) is 31.9. The van der Waals surface area contributed by atoms with E-state index in [4.69, 9.17) is 11.6 Å². The molecule has 0 heterocycles. The first-order valence-corrected chi connectivity index (χ1v) is 16.8. The summed E-state index contributed by atoms with van der Waals surface area (Å²) in [5.41, 5.74) is 2.82. The number of amides is 2. The number of carbonyl (C=O) groups excluding carboxylic acids is 2. The van der Waals surface area contributed by atoms with Gasteiger partial charge in [0.25, 0.3) is 10.0 Å². The Labute approximate surface area is 273 Å². The molecule has 44 heavy (non-hydrogen) atoms. The minimum absolute atomic E-state index is 0.0442. The van der Waals surface area contributed by atoms with Crippen LogP contribution in [0.25, 0.3) is 0 Å². The molecule has 1 atom stereocenters. The molecule has 4 aromatic rings. The number of nitrogens with zero attached hydrogens (tertiary/aromatic N) is 2. The van der Waals surface area contributed by atoms with Crippen molar-refractivity contribution in [3.8, 4) is 0 Å². The maximum absolute atomic E-state index is 14.4. The molecular weight excluding hydrogens is 662 g/mol. The van der Waals surface area contributed by atoms with E-state index in [0.717, 1.165) is 25.5 Å². The predicted molar refractivity (Wildman–Crippen MR) is 179 cm³/mol. The highest BCUT2D eigenvalue weighted by Gasteiger charge is 2.34. The van der Waals surface area contributed by atoms with E-state index in [1.165, 1.54) is 17.0 Å². The third kappa shape index (κ3) is 8.71. The molecule has 7 nitrogen and oxygen atoms in total. The van der Waals surface area contributed by atoms with Crippen molar-refractivity contribution >= 4 is 55.1 Å². The molecule has 1 unspecified atom stereocenters. The van der Waals surface area contributed by atoms with Crippen LogP contribution < -0.4 is 9.62 Å². The van der Waals surface area contributed by atoms with Gasteiger partial charge in [-0.25, -0.2) is 8.42 Å². The highest BCUT2D eigenvalue weighted by atomic mass is 79.9. The molecule has 0 aliphatic carbocycles. The van der Waals surface area contributed by atoms with Crippen LogP contribution in [0, 0.1) is 6.92 Å². The third-order valence-corrected chi connectivity index (χ3v) is 9.48. The number of halogens is 2. The molecule has 230 valence electrons. The average molecular weight is 697 g/mol. The van der Waals surface area contributed by atoms with E-state index in [2.05, 4.69) is 21.2 Å². The zero-order valence-corrected chi connectivity index (χ0v) is 27.9. The van der Waals surface area contributed by atoms with E-state index in [9.17, 15) is 18.0 Å². The summed E-state index contributed by atoms with van der Waals surface area (Å²) in [6.45, 7) is 5.13. The second kappa shape index (κ2) is 14.9. The molecule has 0 bridgehead atoms. The van der Waals surface area contributed by atoms with Gasteiger partial charge in [-0.2, -0.15) is 0 Å². The van der Waals surface area contributed by atoms with Crippen molar-refractivity contribution in [2.75, 3.05) is 10.8 Å². The topological polar surface area (TPSA) is 86.8 Å².